The summed E-state index contributed by atoms with van der Waals surface area (Å²) in [6.07, 6.45) is 43.3. The standard InChI is InChI=1S/C61H112O12/c1-4-7-10-13-16-19-22-24-25-26-27-28-29-31-33-35-38-41-44-47-53(62)69-50-52(71-54(63)48-45-42-39-37-34-30-23-20-17-14-11-8-5-2)51-70-61-59(57(66)56(65)58(73-61)60(67)68)72-55(64)49-46-43-40-36-32-21-18-15-12-9-6-3/h15,18,52,56-59,61,65-66H,4-14,16-17,19-51H2,1-3H3,(H,67,68)/b18-15-. The lowest BCUT2D eigenvalue weighted by Crippen LogP contribution is -2.61. The van der Waals surface area contributed by atoms with Crippen molar-refractivity contribution in [1.82, 2.24) is 0 Å². The van der Waals surface area contributed by atoms with Crippen LogP contribution in [0.25, 0.3) is 0 Å². The van der Waals surface area contributed by atoms with E-state index < -0.39 is 67.3 Å². The van der Waals surface area contributed by atoms with Crippen LogP contribution in [0.2, 0.25) is 0 Å². The van der Waals surface area contributed by atoms with Crippen molar-refractivity contribution in [3.05, 3.63) is 12.2 Å². The number of hydrogen-bond donors (Lipinski definition) is 3. The third-order valence-corrected chi connectivity index (χ3v) is 14.3. The van der Waals surface area contributed by atoms with Gasteiger partial charge in [-0.25, -0.2) is 4.79 Å². The Morgan fingerprint density at radius 1 is 0.438 bits per heavy atom. The highest BCUT2D eigenvalue weighted by Gasteiger charge is 2.50. The van der Waals surface area contributed by atoms with E-state index >= 15 is 0 Å². The van der Waals surface area contributed by atoms with Crippen molar-refractivity contribution >= 4 is 23.9 Å². The van der Waals surface area contributed by atoms with Gasteiger partial charge in [-0.05, 0) is 38.5 Å². The van der Waals surface area contributed by atoms with Crippen LogP contribution >= 0.6 is 0 Å². The molecule has 73 heavy (non-hydrogen) atoms. The maximum Gasteiger partial charge on any atom is 0.335 e. The van der Waals surface area contributed by atoms with Crippen molar-refractivity contribution in [2.75, 3.05) is 13.2 Å². The van der Waals surface area contributed by atoms with Gasteiger partial charge in [0.25, 0.3) is 0 Å². The summed E-state index contributed by atoms with van der Waals surface area (Å²) in [4.78, 5) is 51.1. The summed E-state index contributed by atoms with van der Waals surface area (Å²) in [6, 6.07) is 0. The molecule has 0 aromatic heterocycles. The van der Waals surface area contributed by atoms with Gasteiger partial charge in [0.05, 0.1) is 6.61 Å². The molecule has 0 bridgehead atoms. The molecule has 6 unspecified atom stereocenters. The van der Waals surface area contributed by atoms with Gasteiger partial charge in [0.1, 0.15) is 18.8 Å². The number of unbranched alkanes of at least 4 members (excludes halogenated alkanes) is 37. The molecule has 1 rings (SSSR count). The van der Waals surface area contributed by atoms with E-state index in [2.05, 4.69) is 32.9 Å². The minimum absolute atomic E-state index is 0.0558. The molecule has 6 atom stereocenters. The van der Waals surface area contributed by atoms with Crippen LogP contribution in [0.15, 0.2) is 12.2 Å². The first-order chi connectivity index (χ1) is 35.6. The molecule has 12 heteroatoms. The van der Waals surface area contributed by atoms with Crippen molar-refractivity contribution in [3.63, 3.8) is 0 Å². The van der Waals surface area contributed by atoms with Gasteiger partial charge in [-0.2, -0.15) is 0 Å². The summed E-state index contributed by atoms with van der Waals surface area (Å²) in [6.45, 7) is 5.98. The Bertz CT molecular complexity index is 1320. The van der Waals surface area contributed by atoms with Crippen molar-refractivity contribution in [2.45, 2.75) is 340 Å². The summed E-state index contributed by atoms with van der Waals surface area (Å²) in [7, 11) is 0. The van der Waals surface area contributed by atoms with Gasteiger partial charge in [-0.3, -0.25) is 14.4 Å². The van der Waals surface area contributed by atoms with Crippen LogP contribution in [0.4, 0.5) is 0 Å². The predicted molar refractivity (Wildman–Crippen MR) is 294 cm³/mol. The molecule has 12 nitrogen and oxygen atoms in total. The number of aliphatic hydroxyl groups is 2. The number of carboxylic acid groups (broad SMARTS) is 1. The molecule has 0 saturated carbocycles. The average Bonchev–Trinajstić information content (AvgIpc) is 3.37. The Morgan fingerprint density at radius 3 is 1.21 bits per heavy atom. The Morgan fingerprint density at radius 2 is 0.795 bits per heavy atom. The number of allylic oxidation sites excluding steroid dienone is 2. The smallest absolute Gasteiger partial charge is 0.335 e. The minimum atomic E-state index is -1.90. The predicted octanol–water partition coefficient (Wildman–Crippen LogP) is 15.7. The number of aliphatic carboxylic acids is 1. The fourth-order valence-corrected chi connectivity index (χ4v) is 9.59. The normalized spacial score (nSPS) is 18.3. The van der Waals surface area contributed by atoms with E-state index in [1.807, 2.05) is 0 Å². The fraction of sp³-hybridized carbons (Fsp3) is 0.902. The third-order valence-electron chi connectivity index (χ3n) is 14.3. The van der Waals surface area contributed by atoms with Gasteiger partial charge in [-0.1, -0.05) is 258 Å². The van der Waals surface area contributed by atoms with E-state index in [0.29, 0.717) is 19.3 Å². The van der Waals surface area contributed by atoms with Crippen LogP contribution in [-0.2, 0) is 42.9 Å². The lowest BCUT2D eigenvalue weighted by Gasteiger charge is -2.40. The molecule has 0 amide bonds. The Kier molecular flexibility index (Phi) is 47.2. The van der Waals surface area contributed by atoms with Crippen LogP contribution < -0.4 is 0 Å². The van der Waals surface area contributed by atoms with Crippen molar-refractivity contribution < 1.29 is 58.2 Å². The number of esters is 3. The lowest BCUT2D eigenvalue weighted by atomic mass is 9.98. The topological polar surface area (TPSA) is 175 Å². The van der Waals surface area contributed by atoms with Crippen molar-refractivity contribution in [3.8, 4) is 0 Å². The van der Waals surface area contributed by atoms with Crippen LogP contribution in [0.3, 0.4) is 0 Å². The molecule has 0 radical (unpaired) electrons. The summed E-state index contributed by atoms with van der Waals surface area (Å²) in [5.74, 6) is -3.09. The number of carbonyl (C=O) groups excluding carboxylic acids is 3. The SMILES string of the molecule is CCCC/C=C\CCCCCCCC(=O)OC1C(OCC(COC(=O)CCCCCCCCCCCCCCCCCCCCC)OC(=O)CCCCCCCCCCCCCCC)OC(C(=O)O)C(O)C1O. The third kappa shape index (κ3) is 40.4. The van der Waals surface area contributed by atoms with E-state index in [0.717, 1.165) is 77.0 Å². The molecule has 3 N–H and O–H groups in total. The lowest BCUT2D eigenvalue weighted by molar-refractivity contribution is -0.301. The van der Waals surface area contributed by atoms with Gasteiger partial charge in [0.2, 0.25) is 0 Å². The molecule has 0 spiro atoms. The van der Waals surface area contributed by atoms with E-state index in [1.165, 1.54) is 167 Å². The molecule has 0 aliphatic carbocycles. The first-order valence-electron chi connectivity index (χ1n) is 30.7. The largest absolute Gasteiger partial charge is 0.479 e. The van der Waals surface area contributed by atoms with Gasteiger partial charge in [0, 0.05) is 19.3 Å². The molecule has 1 aliphatic rings. The first-order valence-corrected chi connectivity index (χ1v) is 30.7. The number of hydrogen-bond acceptors (Lipinski definition) is 11. The second kappa shape index (κ2) is 50.3. The molecule has 0 aromatic carbocycles. The minimum Gasteiger partial charge on any atom is -0.479 e. The molecular formula is C61H112O12. The van der Waals surface area contributed by atoms with E-state index in [1.54, 1.807) is 0 Å². The number of ether oxygens (including phenoxy) is 5. The summed E-state index contributed by atoms with van der Waals surface area (Å²) >= 11 is 0. The van der Waals surface area contributed by atoms with Crippen molar-refractivity contribution in [1.29, 1.82) is 0 Å². The molecule has 0 aromatic rings. The van der Waals surface area contributed by atoms with Crippen LogP contribution in [0.5, 0.6) is 0 Å². The number of carboxylic acids is 1. The number of carbonyl (C=O) groups is 4. The monoisotopic (exact) mass is 1040 g/mol. The van der Waals surface area contributed by atoms with Gasteiger partial charge < -0.3 is 39.0 Å². The van der Waals surface area contributed by atoms with E-state index in [-0.39, 0.29) is 25.9 Å². The van der Waals surface area contributed by atoms with Crippen LogP contribution in [0, 0.1) is 0 Å². The Labute approximate surface area is 446 Å². The zero-order valence-electron chi connectivity index (χ0n) is 47.2. The summed E-state index contributed by atoms with van der Waals surface area (Å²) in [5.41, 5.74) is 0. The summed E-state index contributed by atoms with van der Waals surface area (Å²) in [5, 5.41) is 31.4. The summed E-state index contributed by atoms with van der Waals surface area (Å²) < 4.78 is 28.4. The Balaban J connectivity index is 2.63. The second-order valence-electron chi connectivity index (χ2n) is 21.4. The van der Waals surface area contributed by atoms with E-state index in [9.17, 15) is 34.5 Å². The molecule has 428 valence electrons. The first kappa shape index (κ1) is 68.5. The second-order valence-corrected chi connectivity index (χ2v) is 21.4. The van der Waals surface area contributed by atoms with Crippen molar-refractivity contribution in [2.24, 2.45) is 0 Å². The molecule has 1 fully saturated rings. The number of rotatable bonds is 53. The quantitative estimate of drug-likeness (QED) is 0.0228. The average molecular weight is 1040 g/mol. The highest BCUT2D eigenvalue weighted by atomic mass is 16.7. The zero-order chi connectivity index (χ0) is 53.3. The van der Waals surface area contributed by atoms with E-state index in [4.69, 9.17) is 23.7 Å². The maximum atomic E-state index is 13.1. The van der Waals surface area contributed by atoms with Gasteiger partial charge in [0.15, 0.2) is 24.6 Å². The zero-order valence-corrected chi connectivity index (χ0v) is 47.2. The highest BCUT2D eigenvalue weighted by molar-refractivity contribution is 5.74. The molecule has 1 heterocycles. The van der Waals surface area contributed by atoms with Crippen LogP contribution in [-0.4, -0.2) is 89.2 Å². The maximum absolute atomic E-state index is 13.1. The fourth-order valence-electron chi connectivity index (χ4n) is 9.59. The highest BCUT2D eigenvalue weighted by Crippen LogP contribution is 2.27. The molecular weight excluding hydrogens is 925 g/mol. The van der Waals surface area contributed by atoms with Gasteiger partial charge in [-0.15, -0.1) is 0 Å². The number of aliphatic hydroxyl groups excluding tert-OH is 2. The van der Waals surface area contributed by atoms with Crippen LogP contribution in [0.1, 0.15) is 303 Å². The molecule has 1 aliphatic heterocycles. The Hall–Kier alpha value is -2.54. The van der Waals surface area contributed by atoms with Gasteiger partial charge >= 0.3 is 23.9 Å². The molecule has 1 saturated heterocycles.